The summed E-state index contributed by atoms with van der Waals surface area (Å²) in [5.74, 6) is -0.168. The molecule has 0 fully saturated rings. The predicted molar refractivity (Wildman–Crippen MR) is 75.2 cm³/mol. The lowest BCUT2D eigenvalue weighted by Crippen LogP contribution is -2.25. The van der Waals surface area contributed by atoms with E-state index in [1.807, 2.05) is 0 Å². The Bertz CT molecular complexity index is 851. The molecule has 0 amide bonds. The van der Waals surface area contributed by atoms with Crippen LogP contribution in [-0.4, -0.2) is 20.0 Å². The first-order chi connectivity index (χ1) is 9.65. The minimum Gasteiger partial charge on any atom is -0.304 e. The molecule has 0 aliphatic rings. The van der Waals surface area contributed by atoms with Gasteiger partial charge in [-0.05, 0) is 18.2 Å². The highest BCUT2D eigenvalue weighted by molar-refractivity contribution is 6.31. The lowest BCUT2D eigenvalue weighted by Gasteiger charge is -2.05. The Morgan fingerprint density at radius 2 is 2.10 bits per heavy atom. The first-order valence-electron chi connectivity index (χ1n) is 5.97. The summed E-state index contributed by atoms with van der Waals surface area (Å²) < 4.78 is 2.84. The van der Waals surface area contributed by atoms with E-state index < -0.39 is 0 Å². The summed E-state index contributed by atoms with van der Waals surface area (Å²) in [7, 11) is 0. The van der Waals surface area contributed by atoms with Crippen molar-refractivity contribution in [3.63, 3.8) is 0 Å². The minimum atomic E-state index is -0.250. The minimum absolute atomic E-state index is 0.0269. The summed E-state index contributed by atoms with van der Waals surface area (Å²) in [4.78, 5) is 24.3. The average molecular weight is 288 g/mol. The average Bonchev–Trinajstić information content (AvgIpc) is 2.91. The Morgan fingerprint density at radius 1 is 1.25 bits per heavy atom. The van der Waals surface area contributed by atoms with Gasteiger partial charge in [-0.25, -0.2) is 4.52 Å². The Balaban J connectivity index is 1.95. The van der Waals surface area contributed by atoms with Crippen molar-refractivity contribution in [1.29, 1.82) is 0 Å². The molecule has 2 aromatic heterocycles. The zero-order chi connectivity index (χ0) is 14.1. The summed E-state index contributed by atoms with van der Waals surface area (Å²) in [6.07, 6.45) is 4.73. The number of hydrogen-bond donors (Lipinski definition) is 0. The van der Waals surface area contributed by atoms with Crippen molar-refractivity contribution in [3.8, 4) is 0 Å². The van der Waals surface area contributed by atoms with Crippen molar-refractivity contribution in [1.82, 2.24) is 14.2 Å². The van der Waals surface area contributed by atoms with E-state index >= 15 is 0 Å². The van der Waals surface area contributed by atoms with Crippen LogP contribution in [0.4, 0.5) is 0 Å². The van der Waals surface area contributed by atoms with Crippen LogP contribution in [-0.2, 0) is 6.54 Å². The fourth-order valence-electron chi connectivity index (χ4n) is 1.99. The molecule has 2 heterocycles. The third-order valence-electron chi connectivity index (χ3n) is 3.00. The van der Waals surface area contributed by atoms with Crippen LogP contribution in [0.2, 0.25) is 5.02 Å². The van der Waals surface area contributed by atoms with Crippen LogP contribution in [0.15, 0.2) is 53.7 Å². The fraction of sp³-hybridized carbons (Fsp3) is 0.0714. The maximum atomic E-state index is 12.2. The van der Waals surface area contributed by atoms with E-state index in [2.05, 4.69) is 5.10 Å². The van der Waals surface area contributed by atoms with Crippen molar-refractivity contribution >= 4 is 22.9 Å². The van der Waals surface area contributed by atoms with Crippen LogP contribution in [0.25, 0.3) is 5.52 Å². The molecule has 20 heavy (non-hydrogen) atoms. The third-order valence-corrected chi connectivity index (χ3v) is 3.23. The van der Waals surface area contributed by atoms with Gasteiger partial charge in [-0.3, -0.25) is 9.59 Å². The highest BCUT2D eigenvalue weighted by Crippen LogP contribution is 2.11. The molecular weight excluding hydrogens is 278 g/mol. The molecule has 0 saturated carbocycles. The number of rotatable bonds is 3. The van der Waals surface area contributed by atoms with Crippen LogP contribution in [0.1, 0.15) is 10.4 Å². The molecule has 1 aromatic carbocycles. The van der Waals surface area contributed by atoms with E-state index in [1.54, 1.807) is 48.9 Å². The molecule has 3 aromatic rings. The molecule has 6 heteroatoms. The van der Waals surface area contributed by atoms with E-state index in [0.29, 0.717) is 16.1 Å². The molecule has 0 unspecified atom stereocenters. The second-order valence-corrected chi connectivity index (χ2v) is 4.76. The number of halogens is 1. The number of fused-ring (bicyclic) bond motifs is 1. The van der Waals surface area contributed by atoms with E-state index in [4.69, 9.17) is 11.6 Å². The largest absolute Gasteiger partial charge is 0.304 e. The van der Waals surface area contributed by atoms with Gasteiger partial charge in [0.2, 0.25) is 0 Å². The number of hydrogen-bond acceptors (Lipinski definition) is 3. The molecule has 0 atom stereocenters. The van der Waals surface area contributed by atoms with Crippen molar-refractivity contribution in [2.75, 3.05) is 0 Å². The number of aromatic nitrogens is 3. The Labute approximate surface area is 119 Å². The zero-order valence-corrected chi connectivity index (χ0v) is 11.1. The number of benzene rings is 1. The lowest BCUT2D eigenvalue weighted by molar-refractivity contribution is 0.0971. The SMILES string of the molecule is O=C(Cn1ccn2nccc2c1=O)c1cccc(Cl)c1. The Morgan fingerprint density at radius 3 is 2.90 bits per heavy atom. The molecule has 100 valence electrons. The van der Waals surface area contributed by atoms with Crippen molar-refractivity contribution in [2.24, 2.45) is 0 Å². The number of Topliss-reactive ketones (excluding diaryl/α,β-unsaturated/α-hetero) is 1. The summed E-state index contributed by atoms with van der Waals surface area (Å²) in [6.45, 7) is -0.0269. The zero-order valence-electron chi connectivity index (χ0n) is 10.4. The van der Waals surface area contributed by atoms with E-state index in [-0.39, 0.29) is 17.9 Å². The molecule has 5 nitrogen and oxygen atoms in total. The number of carbonyl (C=O) groups excluding carboxylic acids is 1. The van der Waals surface area contributed by atoms with Gasteiger partial charge in [0, 0.05) is 23.0 Å². The van der Waals surface area contributed by atoms with Crippen molar-refractivity contribution < 1.29 is 4.79 Å². The van der Waals surface area contributed by atoms with Crippen LogP contribution >= 0.6 is 11.6 Å². The molecule has 3 rings (SSSR count). The van der Waals surface area contributed by atoms with E-state index in [0.717, 1.165) is 0 Å². The van der Waals surface area contributed by atoms with Gasteiger partial charge in [-0.1, -0.05) is 23.7 Å². The molecule has 0 aliphatic carbocycles. The molecule has 0 radical (unpaired) electrons. The molecule has 0 spiro atoms. The molecular formula is C14H10ClN3O2. The maximum Gasteiger partial charge on any atom is 0.276 e. The predicted octanol–water partition coefficient (Wildman–Crippen LogP) is 2.03. The second-order valence-electron chi connectivity index (χ2n) is 4.33. The Kier molecular flexibility index (Phi) is 3.12. The van der Waals surface area contributed by atoms with Gasteiger partial charge in [0.15, 0.2) is 5.78 Å². The number of nitrogens with zero attached hydrogens (tertiary/aromatic N) is 3. The fourth-order valence-corrected chi connectivity index (χ4v) is 2.18. The Hall–Kier alpha value is -2.40. The smallest absolute Gasteiger partial charge is 0.276 e. The monoisotopic (exact) mass is 287 g/mol. The molecule has 0 bridgehead atoms. The van der Waals surface area contributed by atoms with Crippen LogP contribution in [0.3, 0.4) is 0 Å². The van der Waals surface area contributed by atoms with Gasteiger partial charge in [0.25, 0.3) is 5.56 Å². The van der Waals surface area contributed by atoms with Crippen LogP contribution in [0.5, 0.6) is 0 Å². The highest BCUT2D eigenvalue weighted by Gasteiger charge is 2.10. The maximum absolute atomic E-state index is 12.2. The standard InChI is InChI=1S/C14H10ClN3O2/c15-11-3-1-2-10(8-11)13(19)9-17-6-7-18-12(14(17)20)4-5-16-18/h1-8H,9H2. The molecule has 0 N–H and O–H groups in total. The summed E-state index contributed by atoms with van der Waals surface area (Å²) in [6, 6.07) is 8.28. The van der Waals surface area contributed by atoms with Crippen LogP contribution in [0, 0.1) is 0 Å². The lowest BCUT2D eigenvalue weighted by atomic mass is 10.1. The van der Waals surface area contributed by atoms with Crippen molar-refractivity contribution in [3.05, 3.63) is 69.9 Å². The number of carbonyl (C=O) groups is 1. The second kappa shape index (κ2) is 4.94. The first kappa shape index (κ1) is 12.6. The molecule has 0 aliphatic heterocycles. The summed E-state index contributed by atoms with van der Waals surface area (Å²) in [5.41, 5.74) is 0.671. The normalized spacial score (nSPS) is 10.8. The van der Waals surface area contributed by atoms with Gasteiger partial charge in [-0.2, -0.15) is 5.10 Å². The van der Waals surface area contributed by atoms with Gasteiger partial charge in [0.05, 0.1) is 12.7 Å². The first-order valence-corrected chi connectivity index (χ1v) is 6.34. The van der Waals surface area contributed by atoms with Gasteiger partial charge in [-0.15, -0.1) is 0 Å². The molecule has 0 saturated heterocycles. The topological polar surface area (TPSA) is 56.4 Å². The van der Waals surface area contributed by atoms with E-state index in [1.165, 1.54) is 9.08 Å². The van der Waals surface area contributed by atoms with Crippen LogP contribution < -0.4 is 5.56 Å². The number of ketones is 1. The van der Waals surface area contributed by atoms with Gasteiger partial charge in [0.1, 0.15) is 5.52 Å². The van der Waals surface area contributed by atoms with E-state index in [9.17, 15) is 9.59 Å². The summed E-state index contributed by atoms with van der Waals surface area (Å²) in [5, 5.41) is 4.47. The summed E-state index contributed by atoms with van der Waals surface area (Å²) >= 11 is 5.85. The third kappa shape index (κ3) is 2.23. The van der Waals surface area contributed by atoms with Crippen molar-refractivity contribution in [2.45, 2.75) is 6.54 Å². The quantitative estimate of drug-likeness (QED) is 0.693. The van der Waals surface area contributed by atoms with Gasteiger partial charge < -0.3 is 4.57 Å². The van der Waals surface area contributed by atoms with Gasteiger partial charge >= 0.3 is 0 Å². The highest BCUT2D eigenvalue weighted by atomic mass is 35.5.